The number of hydrogen-bond acceptors (Lipinski definition) is 5. The number of para-hydroxylation sites is 1. The van der Waals surface area contributed by atoms with Gasteiger partial charge in [0.15, 0.2) is 6.79 Å². The number of aliphatic hydroxyl groups is 1. The Morgan fingerprint density at radius 3 is 2.30 bits per heavy atom. The SMILES string of the molecule is COCOc1ccc(C(=O)N(C)C2(O)CCC(CCOc3ccccc3)CC2)cc1. The smallest absolute Gasteiger partial charge is 0.255 e. The zero-order valence-electron chi connectivity index (χ0n) is 17.8. The predicted molar refractivity (Wildman–Crippen MR) is 115 cm³/mol. The van der Waals surface area contributed by atoms with Crippen LogP contribution in [0, 0.1) is 5.92 Å². The molecule has 0 saturated heterocycles. The first kappa shape index (κ1) is 22.1. The fourth-order valence-electron chi connectivity index (χ4n) is 3.83. The van der Waals surface area contributed by atoms with Crippen LogP contribution in [0.1, 0.15) is 42.5 Å². The number of rotatable bonds is 9. The molecule has 1 saturated carbocycles. The third-order valence-corrected chi connectivity index (χ3v) is 5.82. The summed E-state index contributed by atoms with van der Waals surface area (Å²) in [6, 6.07) is 16.7. The monoisotopic (exact) mass is 413 g/mol. The van der Waals surface area contributed by atoms with Crippen molar-refractivity contribution in [2.24, 2.45) is 5.92 Å². The Bertz CT molecular complexity index is 785. The van der Waals surface area contributed by atoms with Gasteiger partial charge in [0.05, 0.1) is 6.61 Å². The molecule has 0 aliphatic heterocycles. The van der Waals surface area contributed by atoms with Gasteiger partial charge in [-0.25, -0.2) is 0 Å². The van der Waals surface area contributed by atoms with Crippen molar-refractivity contribution >= 4 is 5.91 Å². The van der Waals surface area contributed by atoms with E-state index in [-0.39, 0.29) is 12.7 Å². The van der Waals surface area contributed by atoms with E-state index in [1.165, 1.54) is 4.90 Å². The first-order chi connectivity index (χ1) is 14.5. The zero-order valence-corrected chi connectivity index (χ0v) is 17.8. The summed E-state index contributed by atoms with van der Waals surface area (Å²) in [6.07, 6.45) is 3.83. The molecule has 0 atom stereocenters. The lowest BCUT2D eigenvalue weighted by Gasteiger charge is -2.42. The fraction of sp³-hybridized carbons (Fsp3) is 0.458. The number of carbonyl (C=O) groups excluding carboxylic acids is 1. The Hall–Kier alpha value is -2.57. The Morgan fingerprint density at radius 1 is 1.03 bits per heavy atom. The van der Waals surface area contributed by atoms with E-state index < -0.39 is 5.72 Å². The van der Waals surface area contributed by atoms with Crippen molar-refractivity contribution < 1.29 is 24.1 Å². The third-order valence-electron chi connectivity index (χ3n) is 5.82. The lowest BCUT2D eigenvalue weighted by atomic mass is 9.81. The first-order valence-corrected chi connectivity index (χ1v) is 10.4. The second kappa shape index (κ2) is 10.5. The Morgan fingerprint density at radius 2 is 1.67 bits per heavy atom. The van der Waals surface area contributed by atoms with Crippen molar-refractivity contribution in [1.82, 2.24) is 4.90 Å². The van der Waals surface area contributed by atoms with Crippen LogP contribution in [0.4, 0.5) is 0 Å². The lowest BCUT2D eigenvalue weighted by Crippen LogP contribution is -2.51. The van der Waals surface area contributed by atoms with E-state index in [1.807, 2.05) is 30.3 Å². The van der Waals surface area contributed by atoms with Crippen LogP contribution in [0.2, 0.25) is 0 Å². The maximum Gasteiger partial charge on any atom is 0.255 e. The Kier molecular flexibility index (Phi) is 7.71. The number of amides is 1. The van der Waals surface area contributed by atoms with Gasteiger partial charge < -0.3 is 24.2 Å². The normalized spacial score (nSPS) is 21.1. The largest absolute Gasteiger partial charge is 0.494 e. The van der Waals surface area contributed by atoms with Crippen LogP contribution < -0.4 is 9.47 Å². The average Bonchev–Trinajstić information content (AvgIpc) is 2.79. The summed E-state index contributed by atoms with van der Waals surface area (Å²) in [7, 11) is 3.23. The van der Waals surface area contributed by atoms with Gasteiger partial charge in [0.25, 0.3) is 5.91 Å². The van der Waals surface area contributed by atoms with Crippen LogP contribution >= 0.6 is 0 Å². The summed E-state index contributed by atoms with van der Waals surface area (Å²) in [5, 5.41) is 11.1. The van der Waals surface area contributed by atoms with Crippen molar-refractivity contribution in [3.63, 3.8) is 0 Å². The molecule has 1 aliphatic rings. The molecular formula is C24H31NO5. The molecule has 0 radical (unpaired) electrons. The van der Waals surface area contributed by atoms with Gasteiger partial charge in [-0.3, -0.25) is 4.79 Å². The van der Waals surface area contributed by atoms with Gasteiger partial charge in [-0.05, 0) is 74.4 Å². The minimum Gasteiger partial charge on any atom is -0.494 e. The van der Waals surface area contributed by atoms with Gasteiger partial charge in [0.2, 0.25) is 0 Å². The van der Waals surface area contributed by atoms with Crippen molar-refractivity contribution in [1.29, 1.82) is 0 Å². The highest BCUT2D eigenvalue weighted by molar-refractivity contribution is 5.94. The van der Waals surface area contributed by atoms with E-state index in [0.29, 0.717) is 36.7 Å². The molecule has 0 aromatic heterocycles. The number of nitrogens with zero attached hydrogens (tertiary/aromatic N) is 1. The van der Waals surface area contributed by atoms with Gasteiger partial charge in [-0.1, -0.05) is 18.2 Å². The number of carbonyl (C=O) groups is 1. The zero-order chi connectivity index (χ0) is 21.4. The molecule has 2 aromatic carbocycles. The summed E-state index contributed by atoms with van der Waals surface area (Å²) in [4.78, 5) is 14.3. The van der Waals surface area contributed by atoms with E-state index in [1.54, 1.807) is 38.4 Å². The summed E-state index contributed by atoms with van der Waals surface area (Å²) >= 11 is 0. The van der Waals surface area contributed by atoms with Crippen molar-refractivity contribution in [2.45, 2.75) is 37.8 Å². The van der Waals surface area contributed by atoms with Crippen LogP contribution in [0.25, 0.3) is 0 Å². The molecule has 0 heterocycles. The Labute approximate surface area is 178 Å². The fourth-order valence-corrected chi connectivity index (χ4v) is 3.83. The average molecular weight is 414 g/mol. The molecule has 162 valence electrons. The van der Waals surface area contributed by atoms with Gasteiger partial charge in [-0.2, -0.15) is 0 Å². The Balaban J connectivity index is 1.48. The summed E-state index contributed by atoms with van der Waals surface area (Å²) in [5.74, 6) is 1.82. The van der Waals surface area contributed by atoms with Crippen molar-refractivity contribution in [3.05, 3.63) is 60.2 Å². The van der Waals surface area contributed by atoms with Gasteiger partial charge >= 0.3 is 0 Å². The summed E-state index contributed by atoms with van der Waals surface area (Å²) < 4.78 is 16.0. The molecule has 0 bridgehead atoms. The second-order valence-electron chi connectivity index (χ2n) is 7.82. The van der Waals surface area contributed by atoms with Crippen molar-refractivity contribution in [2.75, 3.05) is 27.6 Å². The molecule has 1 fully saturated rings. The van der Waals surface area contributed by atoms with Gasteiger partial charge in [0, 0.05) is 19.7 Å². The van der Waals surface area contributed by atoms with Crippen LogP contribution in [0.3, 0.4) is 0 Å². The number of ether oxygens (including phenoxy) is 3. The summed E-state index contributed by atoms with van der Waals surface area (Å²) in [5.41, 5.74) is -0.590. The van der Waals surface area contributed by atoms with E-state index in [2.05, 4.69) is 0 Å². The maximum absolute atomic E-state index is 12.9. The summed E-state index contributed by atoms with van der Waals surface area (Å²) in [6.45, 7) is 0.823. The molecule has 1 N–H and O–H groups in total. The third kappa shape index (κ3) is 5.74. The van der Waals surface area contributed by atoms with E-state index in [0.717, 1.165) is 25.0 Å². The standard InChI is InChI=1S/C24H31NO5/c1-25(23(26)20-8-10-22(11-9-20)30-18-28-2)24(27)15-12-19(13-16-24)14-17-29-21-6-4-3-5-7-21/h3-11,19,27H,12-18H2,1-2H3. The number of methoxy groups -OCH3 is 1. The molecular weight excluding hydrogens is 382 g/mol. The lowest BCUT2D eigenvalue weighted by molar-refractivity contribution is -0.108. The van der Waals surface area contributed by atoms with Gasteiger partial charge in [0.1, 0.15) is 17.2 Å². The van der Waals surface area contributed by atoms with E-state index >= 15 is 0 Å². The maximum atomic E-state index is 12.9. The second-order valence-corrected chi connectivity index (χ2v) is 7.82. The quantitative estimate of drug-likeness (QED) is 0.627. The molecule has 1 aliphatic carbocycles. The predicted octanol–water partition coefficient (Wildman–Crippen LogP) is 4.09. The molecule has 30 heavy (non-hydrogen) atoms. The molecule has 6 nitrogen and oxygen atoms in total. The topological polar surface area (TPSA) is 68.2 Å². The van der Waals surface area contributed by atoms with Crippen LogP contribution in [-0.4, -0.2) is 49.2 Å². The van der Waals surface area contributed by atoms with Crippen LogP contribution in [0.15, 0.2) is 54.6 Å². The number of benzene rings is 2. The van der Waals surface area contributed by atoms with Crippen LogP contribution in [0.5, 0.6) is 11.5 Å². The molecule has 0 unspecified atom stereocenters. The van der Waals surface area contributed by atoms with Crippen LogP contribution in [-0.2, 0) is 4.74 Å². The molecule has 1 amide bonds. The van der Waals surface area contributed by atoms with Crippen molar-refractivity contribution in [3.8, 4) is 11.5 Å². The van der Waals surface area contributed by atoms with E-state index in [9.17, 15) is 9.90 Å². The highest BCUT2D eigenvalue weighted by Crippen LogP contribution is 2.36. The molecule has 0 spiro atoms. The minimum absolute atomic E-state index is 0.157. The molecule has 2 aromatic rings. The molecule has 6 heteroatoms. The highest BCUT2D eigenvalue weighted by Gasteiger charge is 2.39. The van der Waals surface area contributed by atoms with E-state index in [4.69, 9.17) is 14.2 Å². The first-order valence-electron chi connectivity index (χ1n) is 10.4. The number of hydrogen-bond donors (Lipinski definition) is 1. The minimum atomic E-state index is -1.11. The molecule has 3 rings (SSSR count). The van der Waals surface area contributed by atoms with Gasteiger partial charge in [-0.15, -0.1) is 0 Å². The highest BCUT2D eigenvalue weighted by atomic mass is 16.7.